The van der Waals surface area contributed by atoms with Gasteiger partial charge in [-0.05, 0) is 91.5 Å². The molecule has 2 fully saturated rings. The third-order valence-electron chi connectivity index (χ3n) is 7.33. The van der Waals surface area contributed by atoms with E-state index in [9.17, 15) is 9.59 Å². The number of nitrogens with one attached hydrogen (secondary N) is 1. The minimum absolute atomic E-state index is 0.107. The Bertz CT molecular complexity index is 1300. The van der Waals surface area contributed by atoms with Crippen molar-refractivity contribution in [3.63, 3.8) is 0 Å². The van der Waals surface area contributed by atoms with Crippen LogP contribution in [0.3, 0.4) is 0 Å². The van der Waals surface area contributed by atoms with Gasteiger partial charge in [0.1, 0.15) is 5.82 Å². The van der Waals surface area contributed by atoms with Gasteiger partial charge in [0.2, 0.25) is 0 Å². The van der Waals surface area contributed by atoms with Crippen LogP contribution in [0, 0.1) is 17.2 Å². The van der Waals surface area contributed by atoms with Gasteiger partial charge in [-0.15, -0.1) is 0 Å². The second-order valence-electron chi connectivity index (χ2n) is 9.41. The fourth-order valence-electron chi connectivity index (χ4n) is 5.37. The molecule has 0 aliphatic carbocycles. The number of allylic oxidation sites excluding steroid dienone is 1. The van der Waals surface area contributed by atoms with Crippen LogP contribution in [-0.2, 0) is 10.3 Å². The number of benzene rings is 1. The summed E-state index contributed by atoms with van der Waals surface area (Å²) in [7, 11) is 1.86. The van der Waals surface area contributed by atoms with Crippen molar-refractivity contribution in [1.29, 1.82) is 5.26 Å². The first-order valence-corrected chi connectivity index (χ1v) is 12.4. The van der Waals surface area contributed by atoms with E-state index in [-0.39, 0.29) is 11.7 Å². The number of nitriles is 1. The number of amides is 1. The molecule has 0 saturated carbocycles. The summed E-state index contributed by atoms with van der Waals surface area (Å²) >= 11 is 0. The Hall–Kier alpha value is -4.35. The molecule has 0 spiro atoms. The first kappa shape index (κ1) is 24.3. The van der Waals surface area contributed by atoms with E-state index in [4.69, 9.17) is 5.26 Å². The molecule has 3 aromatic rings. The van der Waals surface area contributed by atoms with Gasteiger partial charge in [-0.1, -0.05) is 0 Å². The number of carbonyl (C=O) groups is 2. The van der Waals surface area contributed by atoms with Crippen LogP contribution in [0.4, 0.5) is 0 Å². The lowest BCUT2D eigenvalue weighted by molar-refractivity contribution is -0.132. The van der Waals surface area contributed by atoms with Crippen LogP contribution in [0.2, 0.25) is 0 Å². The molecule has 2 aliphatic rings. The van der Waals surface area contributed by atoms with E-state index in [2.05, 4.69) is 21.4 Å². The minimum atomic E-state index is -1.17. The highest BCUT2D eigenvalue weighted by Crippen LogP contribution is 2.45. The maximum absolute atomic E-state index is 14.6. The highest BCUT2D eigenvalue weighted by atomic mass is 16.2. The van der Waals surface area contributed by atoms with Crippen LogP contribution in [0.5, 0.6) is 0 Å². The Morgan fingerprint density at radius 3 is 2.14 bits per heavy atom. The number of nitrogens with zero attached hydrogens (tertiary/aromatic N) is 5. The predicted octanol–water partition coefficient (Wildman–Crippen LogP) is 3.09. The van der Waals surface area contributed by atoms with Crippen LogP contribution in [0.1, 0.15) is 39.9 Å². The van der Waals surface area contributed by atoms with Crippen molar-refractivity contribution in [3.05, 3.63) is 107 Å². The van der Waals surface area contributed by atoms with E-state index in [1.807, 2.05) is 36.2 Å². The van der Waals surface area contributed by atoms with Crippen molar-refractivity contribution in [2.75, 3.05) is 26.7 Å². The molecule has 0 bridgehead atoms. The number of ketones is 1. The third kappa shape index (κ3) is 4.39. The molecule has 8 heteroatoms. The highest BCUT2D eigenvalue weighted by Gasteiger charge is 2.56. The standard InChI is InChI=1S/C29H28N6O2/c1-34-27(18-26(36)23-4-2-21(19-30)3-5-23)35(20-22-6-12-31-13-7-22)28(37)29(34,24-8-14-32-15-9-24)25-10-16-33-17-11-25/h2-5,8-11,14-18,22,31H,6-7,12-13,20H2,1H3. The third-order valence-corrected chi connectivity index (χ3v) is 7.33. The van der Waals surface area contributed by atoms with Crippen molar-refractivity contribution in [1.82, 2.24) is 25.1 Å². The van der Waals surface area contributed by atoms with Crippen molar-refractivity contribution in [2.24, 2.45) is 5.92 Å². The Kier molecular flexibility index (Phi) is 6.80. The van der Waals surface area contributed by atoms with Gasteiger partial charge in [0, 0.05) is 50.0 Å². The van der Waals surface area contributed by atoms with Gasteiger partial charge in [0.25, 0.3) is 5.91 Å². The molecule has 8 nitrogen and oxygen atoms in total. The minimum Gasteiger partial charge on any atom is -0.339 e. The van der Waals surface area contributed by atoms with E-state index < -0.39 is 5.54 Å². The highest BCUT2D eigenvalue weighted by molar-refractivity contribution is 6.06. The first-order valence-electron chi connectivity index (χ1n) is 12.4. The lowest BCUT2D eigenvalue weighted by Gasteiger charge is -2.35. The molecule has 2 aromatic heterocycles. The second kappa shape index (κ2) is 10.3. The normalized spacial score (nSPS) is 18.7. The Morgan fingerprint density at radius 1 is 1.03 bits per heavy atom. The van der Waals surface area contributed by atoms with E-state index in [1.165, 1.54) is 0 Å². The molecule has 0 radical (unpaired) electrons. The average Bonchev–Trinajstić information content (AvgIpc) is 3.16. The smallest absolute Gasteiger partial charge is 0.263 e. The number of aromatic nitrogens is 2. The molecular formula is C29H28N6O2. The molecule has 37 heavy (non-hydrogen) atoms. The van der Waals surface area contributed by atoms with Crippen molar-refractivity contribution < 1.29 is 9.59 Å². The molecule has 1 amide bonds. The summed E-state index contributed by atoms with van der Waals surface area (Å²) in [6, 6.07) is 16.0. The monoisotopic (exact) mass is 492 g/mol. The number of rotatable bonds is 6. The van der Waals surface area contributed by atoms with Crippen LogP contribution in [0.15, 0.2) is 85.2 Å². The topological polar surface area (TPSA) is 102 Å². The molecule has 5 rings (SSSR count). The number of hydrogen-bond acceptors (Lipinski definition) is 7. The molecular weight excluding hydrogens is 464 g/mol. The van der Waals surface area contributed by atoms with Gasteiger partial charge in [0.05, 0.1) is 11.6 Å². The van der Waals surface area contributed by atoms with Gasteiger partial charge in [-0.2, -0.15) is 5.26 Å². The molecule has 2 saturated heterocycles. The number of hydrogen-bond donors (Lipinski definition) is 1. The zero-order chi connectivity index (χ0) is 25.8. The number of carbonyl (C=O) groups excluding carboxylic acids is 2. The first-order chi connectivity index (χ1) is 18.1. The van der Waals surface area contributed by atoms with Crippen LogP contribution >= 0.6 is 0 Å². The zero-order valence-corrected chi connectivity index (χ0v) is 20.7. The summed E-state index contributed by atoms with van der Waals surface area (Å²) in [5.74, 6) is 0.531. The molecule has 0 atom stereocenters. The average molecular weight is 493 g/mol. The maximum Gasteiger partial charge on any atom is 0.263 e. The summed E-state index contributed by atoms with van der Waals surface area (Å²) in [5, 5.41) is 12.5. The van der Waals surface area contributed by atoms with Crippen LogP contribution in [0.25, 0.3) is 0 Å². The molecule has 4 heterocycles. The summed E-state index contributed by atoms with van der Waals surface area (Å²) in [4.78, 5) is 40.0. The van der Waals surface area contributed by atoms with E-state index in [0.29, 0.717) is 29.4 Å². The molecule has 1 aromatic carbocycles. The Labute approximate surface area is 216 Å². The maximum atomic E-state index is 14.6. The quantitative estimate of drug-likeness (QED) is 0.417. The van der Waals surface area contributed by atoms with Crippen LogP contribution < -0.4 is 5.32 Å². The Morgan fingerprint density at radius 2 is 1.59 bits per heavy atom. The van der Waals surface area contributed by atoms with E-state index in [1.54, 1.807) is 60.0 Å². The van der Waals surface area contributed by atoms with E-state index in [0.717, 1.165) is 37.1 Å². The van der Waals surface area contributed by atoms with Crippen molar-refractivity contribution in [2.45, 2.75) is 18.4 Å². The van der Waals surface area contributed by atoms with Crippen molar-refractivity contribution in [3.8, 4) is 6.07 Å². The summed E-state index contributed by atoms with van der Waals surface area (Å²) in [6.45, 7) is 2.34. The fraction of sp³-hybridized carbons (Fsp3) is 0.276. The molecule has 0 unspecified atom stereocenters. The summed E-state index contributed by atoms with van der Waals surface area (Å²) in [5.41, 5.74) is 1.31. The van der Waals surface area contributed by atoms with Crippen LogP contribution in [-0.4, -0.2) is 58.1 Å². The lowest BCUT2D eigenvalue weighted by atomic mass is 9.82. The second-order valence-corrected chi connectivity index (χ2v) is 9.41. The molecule has 186 valence electrons. The largest absolute Gasteiger partial charge is 0.339 e. The number of pyridine rings is 2. The predicted molar refractivity (Wildman–Crippen MR) is 138 cm³/mol. The SMILES string of the molecule is CN1C(=CC(=O)c2ccc(C#N)cc2)N(CC2CCNCC2)C(=O)C1(c1ccncc1)c1ccncc1. The van der Waals surface area contributed by atoms with Crippen molar-refractivity contribution >= 4 is 11.7 Å². The van der Waals surface area contributed by atoms with E-state index >= 15 is 0 Å². The lowest BCUT2D eigenvalue weighted by Crippen LogP contribution is -2.46. The van der Waals surface area contributed by atoms with Gasteiger partial charge in [-0.25, -0.2) is 0 Å². The van der Waals surface area contributed by atoms with Gasteiger partial charge in [0.15, 0.2) is 11.3 Å². The molecule has 1 N–H and O–H groups in total. The van der Waals surface area contributed by atoms with Gasteiger partial charge < -0.3 is 10.2 Å². The van der Waals surface area contributed by atoms with Gasteiger partial charge in [-0.3, -0.25) is 24.5 Å². The summed E-state index contributed by atoms with van der Waals surface area (Å²) in [6.07, 6.45) is 10.2. The van der Waals surface area contributed by atoms with Gasteiger partial charge >= 0.3 is 0 Å². The zero-order valence-electron chi connectivity index (χ0n) is 20.7. The Balaban J connectivity index is 1.64. The summed E-state index contributed by atoms with van der Waals surface area (Å²) < 4.78 is 0. The molecule has 2 aliphatic heterocycles. The number of piperidine rings is 1. The number of likely N-dealkylation sites (N-methyl/N-ethyl adjacent to an activating group) is 1. The fourth-order valence-corrected chi connectivity index (χ4v) is 5.37.